The molecule has 3 aromatic carbocycles. The SMILES string of the molecule is CC(=NO)c1ccc(OCCCC(=O)N2CCN(C(c3ccccc3)c3ccccc3)CC2)cc1. The normalized spacial score (nSPS) is 14.8. The van der Waals surface area contributed by atoms with Crippen molar-refractivity contribution in [3.63, 3.8) is 0 Å². The van der Waals surface area contributed by atoms with Gasteiger partial charge >= 0.3 is 0 Å². The lowest BCUT2D eigenvalue weighted by molar-refractivity contribution is -0.133. The first-order chi connectivity index (χ1) is 17.2. The molecule has 0 unspecified atom stereocenters. The summed E-state index contributed by atoms with van der Waals surface area (Å²) in [5.74, 6) is 0.933. The minimum absolute atomic E-state index is 0.189. The predicted molar refractivity (Wildman–Crippen MR) is 138 cm³/mol. The fourth-order valence-corrected chi connectivity index (χ4v) is 4.54. The van der Waals surface area contributed by atoms with Crippen LogP contribution in [-0.2, 0) is 4.79 Å². The summed E-state index contributed by atoms with van der Waals surface area (Å²) in [6, 6.07) is 28.8. The fraction of sp³-hybridized carbons (Fsp3) is 0.310. The molecule has 0 aliphatic carbocycles. The highest BCUT2D eigenvalue weighted by Gasteiger charge is 2.27. The summed E-state index contributed by atoms with van der Waals surface area (Å²) in [6.45, 7) is 5.40. The molecule has 0 spiro atoms. The van der Waals surface area contributed by atoms with E-state index >= 15 is 0 Å². The van der Waals surface area contributed by atoms with Crippen molar-refractivity contribution in [2.75, 3.05) is 32.8 Å². The number of carbonyl (C=O) groups is 1. The van der Waals surface area contributed by atoms with Gasteiger partial charge in [0.25, 0.3) is 0 Å². The third kappa shape index (κ3) is 6.49. The maximum absolute atomic E-state index is 12.8. The quantitative estimate of drug-likeness (QED) is 0.207. The van der Waals surface area contributed by atoms with Gasteiger partial charge in [0.2, 0.25) is 5.91 Å². The Hall–Kier alpha value is -3.64. The molecule has 1 amide bonds. The Morgan fingerprint density at radius 1 is 0.886 bits per heavy atom. The van der Waals surface area contributed by atoms with E-state index < -0.39 is 0 Å². The first-order valence-electron chi connectivity index (χ1n) is 12.2. The molecule has 3 aromatic rings. The van der Waals surface area contributed by atoms with E-state index in [0.29, 0.717) is 25.2 Å². The molecular weight excluding hydrogens is 438 g/mol. The number of oxime groups is 1. The van der Waals surface area contributed by atoms with Crippen LogP contribution in [0.4, 0.5) is 0 Å². The van der Waals surface area contributed by atoms with Crippen molar-refractivity contribution in [2.45, 2.75) is 25.8 Å². The number of benzene rings is 3. The van der Waals surface area contributed by atoms with Crippen LogP contribution >= 0.6 is 0 Å². The summed E-state index contributed by atoms with van der Waals surface area (Å²) in [4.78, 5) is 17.3. The van der Waals surface area contributed by atoms with E-state index in [1.807, 2.05) is 41.3 Å². The van der Waals surface area contributed by atoms with Crippen LogP contribution in [0, 0.1) is 0 Å². The molecule has 4 rings (SSSR count). The zero-order valence-electron chi connectivity index (χ0n) is 20.2. The van der Waals surface area contributed by atoms with E-state index in [9.17, 15) is 4.79 Å². The molecule has 1 saturated heterocycles. The molecule has 6 nitrogen and oxygen atoms in total. The summed E-state index contributed by atoms with van der Waals surface area (Å²) in [7, 11) is 0. The van der Waals surface area contributed by atoms with Crippen LogP contribution in [0.15, 0.2) is 90.1 Å². The van der Waals surface area contributed by atoms with Crippen LogP contribution in [0.2, 0.25) is 0 Å². The van der Waals surface area contributed by atoms with Crippen LogP contribution in [0.3, 0.4) is 0 Å². The van der Waals surface area contributed by atoms with Crippen molar-refractivity contribution in [3.05, 3.63) is 102 Å². The van der Waals surface area contributed by atoms with Gasteiger partial charge in [-0.3, -0.25) is 9.69 Å². The van der Waals surface area contributed by atoms with Gasteiger partial charge in [0, 0.05) is 32.6 Å². The maximum atomic E-state index is 12.8. The van der Waals surface area contributed by atoms with E-state index in [-0.39, 0.29) is 11.9 Å². The van der Waals surface area contributed by atoms with Gasteiger partial charge < -0.3 is 14.8 Å². The Labute approximate surface area is 207 Å². The second kappa shape index (κ2) is 12.2. The molecule has 0 bridgehead atoms. The van der Waals surface area contributed by atoms with Crippen LogP contribution in [0.5, 0.6) is 5.75 Å². The summed E-state index contributed by atoms with van der Waals surface area (Å²) in [6.07, 6.45) is 1.16. The Morgan fingerprint density at radius 3 is 2.00 bits per heavy atom. The smallest absolute Gasteiger partial charge is 0.222 e. The largest absolute Gasteiger partial charge is 0.494 e. The molecule has 1 heterocycles. The van der Waals surface area contributed by atoms with E-state index in [4.69, 9.17) is 9.94 Å². The van der Waals surface area contributed by atoms with Crippen LogP contribution < -0.4 is 4.74 Å². The lowest BCUT2D eigenvalue weighted by atomic mass is 9.96. The molecule has 0 aromatic heterocycles. The molecule has 6 heteroatoms. The van der Waals surface area contributed by atoms with E-state index in [0.717, 1.165) is 37.5 Å². The summed E-state index contributed by atoms with van der Waals surface area (Å²) >= 11 is 0. The van der Waals surface area contributed by atoms with Gasteiger partial charge in [-0.25, -0.2) is 0 Å². The van der Waals surface area contributed by atoms with Crippen molar-refractivity contribution < 1.29 is 14.7 Å². The molecule has 0 radical (unpaired) electrons. The Kier molecular flexibility index (Phi) is 8.52. The second-order valence-electron chi connectivity index (χ2n) is 8.80. The van der Waals surface area contributed by atoms with E-state index in [1.165, 1.54) is 11.1 Å². The van der Waals surface area contributed by atoms with Crippen molar-refractivity contribution in [1.29, 1.82) is 0 Å². The lowest BCUT2D eigenvalue weighted by Crippen LogP contribution is -2.49. The average molecular weight is 472 g/mol. The third-order valence-electron chi connectivity index (χ3n) is 6.49. The van der Waals surface area contributed by atoms with Crippen molar-refractivity contribution in [3.8, 4) is 5.75 Å². The summed E-state index contributed by atoms with van der Waals surface area (Å²) in [5.41, 5.74) is 3.96. The molecule has 1 fully saturated rings. The average Bonchev–Trinajstić information content (AvgIpc) is 2.92. The van der Waals surface area contributed by atoms with Crippen molar-refractivity contribution in [1.82, 2.24) is 9.80 Å². The number of piperazine rings is 1. The van der Waals surface area contributed by atoms with Gasteiger partial charge in [0.05, 0.1) is 18.4 Å². The fourth-order valence-electron chi connectivity index (χ4n) is 4.54. The molecule has 0 atom stereocenters. The van der Waals surface area contributed by atoms with Gasteiger partial charge in [0.15, 0.2) is 0 Å². The van der Waals surface area contributed by atoms with Crippen LogP contribution in [0.25, 0.3) is 0 Å². The highest BCUT2D eigenvalue weighted by molar-refractivity contribution is 5.98. The first kappa shape index (κ1) is 24.5. The zero-order chi connectivity index (χ0) is 24.5. The molecule has 182 valence electrons. The summed E-state index contributed by atoms with van der Waals surface area (Å²) < 4.78 is 5.78. The topological polar surface area (TPSA) is 65.4 Å². The molecular formula is C29H33N3O3. The predicted octanol–water partition coefficient (Wildman–Crippen LogP) is 4.98. The third-order valence-corrected chi connectivity index (χ3v) is 6.49. The second-order valence-corrected chi connectivity index (χ2v) is 8.80. The standard InChI is InChI=1S/C29H33N3O3/c1-23(30-34)24-14-16-27(17-15-24)35-22-8-13-28(33)31-18-20-32(21-19-31)29(25-9-4-2-5-10-25)26-11-6-3-7-12-26/h2-7,9-12,14-17,29,34H,8,13,18-22H2,1H3. The Balaban J connectivity index is 1.25. The lowest BCUT2D eigenvalue weighted by Gasteiger charge is -2.40. The molecule has 1 N–H and O–H groups in total. The number of hydrogen-bond acceptors (Lipinski definition) is 5. The van der Waals surface area contributed by atoms with Gasteiger partial charge in [-0.2, -0.15) is 0 Å². The zero-order valence-corrected chi connectivity index (χ0v) is 20.2. The number of hydrogen-bond donors (Lipinski definition) is 1. The van der Waals surface area contributed by atoms with Crippen molar-refractivity contribution >= 4 is 11.6 Å². The number of carbonyl (C=O) groups excluding carboxylic acids is 1. The van der Waals surface area contributed by atoms with E-state index in [2.05, 4.69) is 58.6 Å². The van der Waals surface area contributed by atoms with Gasteiger partial charge in [-0.1, -0.05) is 65.8 Å². The maximum Gasteiger partial charge on any atom is 0.222 e. The molecule has 1 aliphatic rings. The number of ether oxygens (including phenoxy) is 1. The van der Waals surface area contributed by atoms with Gasteiger partial charge in [-0.05, 0) is 54.3 Å². The Bertz CT molecular complexity index is 1050. The minimum Gasteiger partial charge on any atom is -0.494 e. The van der Waals surface area contributed by atoms with Gasteiger partial charge in [-0.15, -0.1) is 0 Å². The van der Waals surface area contributed by atoms with E-state index in [1.54, 1.807) is 6.92 Å². The van der Waals surface area contributed by atoms with Crippen LogP contribution in [-0.4, -0.2) is 59.4 Å². The minimum atomic E-state index is 0.189. The van der Waals surface area contributed by atoms with Crippen LogP contribution in [0.1, 0.15) is 42.5 Å². The van der Waals surface area contributed by atoms with Crippen molar-refractivity contribution in [2.24, 2.45) is 5.16 Å². The highest BCUT2D eigenvalue weighted by atomic mass is 16.5. The molecule has 0 saturated carbocycles. The number of rotatable bonds is 9. The first-order valence-corrected chi connectivity index (χ1v) is 12.2. The molecule has 35 heavy (non-hydrogen) atoms. The monoisotopic (exact) mass is 471 g/mol. The Morgan fingerprint density at radius 2 is 1.46 bits per heavy atom. The highest BCUT2D eigenvalue weighted by Crippen LogP contribution is 2.29. The number of nitrogens with zero attached hydrogens (tertiary/aromatic N) is 3. The number of amides is 1. The van der Waals surface area contributed by atoms with Gasteiger partial charge in [0.1, 0.15) is 5.75 Å². The summed E-state index contributed by atoms with van der Waals surface area (Å²) in [5, 5.41) is 12.1. The molecule has 1 aliphatic heterocycles.